The van der Waals surface area contributed by atoms with Gasteiger partial charge in [-0.25, -0.2) is 0 Å². The first kappa shape index (κ1) is 16.2. The van der Waals surface area contributed by atoms with Gasteiger partial charge in [-0.15, -0.1) is 0 Å². The van der Waals surface area contributed by atoms with Crippen LogP contribution in [0.5, 0.6) is 0 Å². The fourth-order valence-corrected chi connectivity index (χ4v) is 3.11. The van der Waals surface area contributed by atoms with Crippen molar-refractivity contribution in [3.63, 3.8) is 0 Å². The Morgan fingerprint density at radius 1 is 1.32 bits per heavy atom. The molecule has 7 heteroatoms. The highest BCUT2D eigenvalue weighted by molar-refractivity contribution is 5.92. The fraction of sp³-hybridized carbons (Fsp3) is 0.556. The van der Waals surface area contributed by atoms with Gasteiger partial charge in [0.05, 0.1) is 6.61 Å². The number of carbonyl (C=O) groups is 1. The molecule has 1 amide bonds. The summed E-state index contributed by atoms with van der Waals surface area (Å²) in [6, 6.07) is 5.18. The Labute approximate surface area is 146 Å². The minimum Gasteiger partial charge on any atom is -0.381 e. The molecular weight excluding hydrogens is 320 g/mol. The highest BCUT2D eigenvalue weighted by Gasteiger charge is 2.34. The number of hydrogen-bond acceptors (Lipinski definition) is 6. The molecule has 2 fully saturated rings. The van der Waals surface area contributed by atoms with E-state index in [4.69, 9.17) is 9.26 Å². The Morgan fingerprint density at radius 3 is 3.04 bits per heavy atom. The second-order valence-electron chi connectivity index (χ2n) is 6.69. The summed E-state index contributed by atoms with van der Waals surface area (Å²) in [5, 5.41) is 4.04. The van der Waals surface area contributed by atoms with Crippen LogP contribution in [0.1, 0.15) is 53.9 Å². The van der Waals surface area contributed by atoms with E-state index in [2.05, 4.69) is 15.1 Å². The van der Waals surface area contributed by atoms with Crippen molar-refractivity contribution in [2.24, 2.45) is 5.92 Å². The van der Waals surface area contributed by atoms with Crippen LogP contribution in [0.15, 0.2) is 28.9 Å². The topological polar surface area (TPSA) is 81.4 Å². The summed E-state index contributed by atoms with van der Waals surface area (Å²) in [4.78, 5) is 23.1. The number of carbonyl (C=O) groups excluding carboxylic acids is 1. The molecule has 4 rings (SSSR count). The molecule has 1 atom stereocenters. The van der Waals surface area contributed by atoms with Crippen molar-refractivity contribution >= 4 is 5.91 Å². The van der Waals surface area contributed by atoms with E-state index in [1.54, 1.807) is 23.2 Å². The predicted octanol–water partition coefficient (Wildman–Crippen LogP) is 2.41. The summed E-state index contributed by atoms with van der Waals surface area (Å²) < 4.78 is 11.0. The number of pyridine rings is 1. The van der Waals surface area contributed by atoms with Crippen LogP contribution in [-0.2, 0) is 11.2 Å². The van der Waals surface area contributed by atoms with Crippen LogP contribution in [0, 0.1) is 5.92 Å². The molecule has 25 heavy (non-hydrogen) atoms. The summed E-state index contributed by atoms with van der Waals surface area (Å²) in [5.74, 6) is 1.82. The van der Waals surface area contributed by atoms with Gasteiger partial charge in [0.2, 0.25) is 5.89 Å². The summed E-state index contributed by atoms with van der Waals surface area (Å²) >= 11 is 0. The van der Waals surface area contributed by atoms with Gasteiger partial charge in [-0.05, 0) is 43.7 Å². The third-order valence-corrected chi connectivity index (χ3v) is 4.69. The zero-order valence-electron chi connectivity index (χ0n) is 14.1. The van der Waals surface area contributed by atoms with Gasteiger partial charge in [-0.1, -0.05) is 11.2 Å². The Balaban J connectivity index is 1.37. The molecule has 0 radical (unpaired) electrons. The lowest BCUT2D eigenvalue weighted by atomic mass is 10.2. The predicted molar refractivity (Wildman–Crippen MR) is 88.8 cm³/mol. The summed E-state index contributed by atoms with van der Waals surface area (Å²) in [6.07, 6.45) is 6.59. The zero-order valence-corrected chi connectivity index (χ0v) is 14.1. The van der Waals surface area contributed by atoms with E-state index in [1.165, 1.54) is 12.8 Å². The molecule has 1 aliphatic heterocycles. The summed E-state index contributed by atoms with van der Waals surface area (Å²) in [5.41, 5.74) is 0.447. The first-order valence-corrected chi connectivity index (χ1v) is 8.93. The molecule has 132 valence electrons. The molecule has 1 saturated heterocycles. The number of aromatic nitrogens is 3. The van der Waals surface area contributed by atoms with Crippen LogP contribution in [-0.4, -0.2) is 45.7 Å². The van der Waals surface area contributed by atoms with Crippen molar-refractivity contribution in [1.82, 2.24) is 20.0 Å². The Hall–Kier alpha value is -2.28. The molecule has 0 bridgehead atoms. The molecular formula is C18H22N4O3. The Bertz CT molecular complexity index is 714. The van der Waals surface area contributed by atoms with Crippen molar-refractivity contribution < 1.29 is 14.1 Å². The lowest BCUT2D eigenvalue weighted by molar-refractivity contribution is 0.0704. The average molecular weight is 342 g/mol. The molecule has 1 aliphatic carbocycles. The molecule has 1 unspecified atom stereocenters. The van der Waals surface area contributed by atoms with Gasteiger partial charge in [0, 0.05) is 25.8 Å². The largest absolute Gasteiger partial charge is 0.381 e. The van der Waals surface area contributed by atoms with Crippen molar-refractivity contribution in [2.75, 3.05) is 19.8 Å². The minimum atomic E-state index is -0.164. The van der Waals surface area contributed by atoms with E-state index in [0.717, 1.165) is 25.4 Å². The van der Waals surface area contributed by atoms with E-state index < -0.39 is 0 Å². The lowest BCUT2D eigenvalue weighted by Gasteiger charge is -2.21. The van der Waals surface area contributed by atoms with Crippen molar-refractivity contribution in [1.29, 1.82) is 0 Å². The molecule has 0 N–H and O–H groups in total. The first-order chi connectivity index (χ1) is 12.3. The molecule has 0 aromatic carbocycles. The number of likely N-dealkylation sites (tertiary alicyclic amines) is 1. The molecule has 2 aromatic rings. The van der Waals surface area contributed by atoms with Crippen LogP contribution >= 0.6 is 0 Å². The number of amides is 1. The average Bonchev–Trinajstić information content (AvgIpc) is 3.15. The highest BCUT2D eigenvalue weighted by atomic mass is 16.5. The Kier molecular flexibility index (Phi) is 4.74. The van der Waals surface area contributed by atoms with Crippen LogP contribution < -0.4 is 0 Å². The van der Waals surface area contributed by atoms with E-state index in [-0.39, 0.29) is 11.9 Å². The normalized spacial score (nSPS) is 20.2. The molecule has 0 spiro atoms. The van der Waals surface area contributed by atoms with Crippen LogP contribution in [0.4, 0.5) is 0 Å². The van der Waals surface area contributed by atoms with Crippen molar-refractivity contribution in [3.8, 4) is 0 Å². The van der Waals surface area contributed by atoms with Crippen molar-refractivity contribution in [2.45, 2.75) is 38.1 Å². The zero-order chi connectivity index (χ0) is 17.1. The molecule has 7 nitrogen and oxygen atoms in total. The summed E-state index contributed by atoms with van der Waals surface area (Å²) in [6.45, 7) is 2.12. The van der Waals surface area contributed by atoms with Gasteiger partial charge in [-0.3, -0.25) is 9.78 Å². The Morgan fingerprint density at radius 2 is 2.24 bits per heavy atom. The van der Waals surface area contributed by atoms with Crippen LogP contribution in [0.2, 0.25) is 0 Å². The van der Waals surface area contributed by atoms with Gasteiger partial charge >= 0.3 is 0 Å². The maximum absolute atomic E-state index is 12.7. The highest BCUT2D eigenvalue weighted by Crippen LogP contribution is 2.32. The number of hydrogen-bond donors (Lipinski definition) is 0. The van der Waals surface area contributed by atoms with Gasteiger partial charge in [-0.2, -0.15) is 4.98 Å². The molecule has 3 heterocycles. The molecule has 1 saturated carbocycles. The first-order valence-electron chi connectivity index (χ1n) is 8.93. The standard InChI is InChI=1S/C18H22N4O3/c23-18(14-4-1-2-9-19-14)22-10-3-5-15(22)17-20-16(21-25-17)8-11-24-12-13-6-7-13/h1-2,4,9,13,15H,3,5-8,10-12H2. The van der Waals surface area contributed by atoms with Crippen LogP contribution in [0.3, 0.4) is 0 Å². The van der Waals surface area contributed by atoms with Gasteiger partial charge in [0.15, 0.2) is 5.82 Å². The second kappa shape index (κ2) is 7.31. The maximum atomic E-state index is 12.7. The van der Waals surface area contributed by atoms with Gasteiger partial charge in [0.1, 0.15) is 11.7 Å². The molecule has 2 aliphatic rings. The smallest absolute Gasteiger partial charge is 0.273 e. The van der Waals surface area contributed by atoms with Gasteiger partial charge in [0.25, 0.3) is 5.91 Å². The van der Waals surface area contributed by atoms with E-state index in [1.807, 2.05) is 6.07 Å². The third kappa shape index (κ3) is 3.87. The van der Waals surface area contributed by atoms with Crippen molar-refractivity contribution in [3.05, 3.63) is 41.8 Å². The second-order valence-corrected chi connectivity index (χ2v) is 6.69. The fourth-order valence-electron chi connectivity index (χ4n) is 3.11. The van der Waals surface area contributed by atoms with E-state index in [0.29, 0.717) is 37.0 Å². The van der Waals surface area contributed by atoms with Crippen LogP contribution in [0.25, 0.3) is 0 Å². The maximum Gasteiger partial charge on any atom is 0.273 e. The minimum absolute atomic E-state index is 0.0874. The molecule has 2 aromatic heterocycles. The summed E-state index contributed by atoms with van der Waals surface area (Å²) in [7, 11) is 0. The SMILES string of the molecule is O=C(c1ccccn1)N1CCCC1c1nc(CCOCC2CC2)no1. The monoisotopic (exact) mass is 342 g/mol. The lowest BCUT2D eigenvalue weighted by Crippen LogP contribution is -2.31. The van der Waals surface area contributed by atoms with E-state index in [9.17, 15) is 4.79 Å². The quantitative estimate of drug-likeness (QED) is 0.719. The number of nitrogens with zero attached hydrogens (tertiary/aromatic N) is 4. The number of rotatable bonds is 7. The number of ether oxygens (including phenoxy) is 1. The van der Waals surface area contributed by atoms with E-state index >= 15 is 0 Å². The third-order valence-electron chi connectivity index (χ3n) is 4.69. The van der Waals surface area contributed by atoms with Gasteiger partial charge < -0.3 is 14.2 Å².